The molecule has 2 aliphatic heterocycles. The first-order valence-corrected chi connectivity index (χ1v) is 12.3. The Balaban J connectivity index is 0.00000324. The molecule has 2 aromatic rings. The molecule has 0 spiro atoms. The number of nitrogens with one attached hydrogen (secondary N) is 2. The maximum absolute atomic E-state index is 12.5. The van der Waals surface area contributed by atoms with E-state index >= 15 is 0 Å². The molecule has 34 heavy (non-hydrogen) atoms. The number of guanidine groups is 1. The second-order valence-corrected chi connectivity index (χ2v) is 9.23. The monoisotopic (exact) mass is 575 g/mol. The number of amides is 1. The van der Waals surface area contributed by atoms with Gasteiger partial charge in [0.25, 0.3) is 0 Å². The number of aliphatic imine (C=N–C) groups is 1. The summed E-state index contributed by atoms with van der Waals surface area (Å²) in [6, 6.07) is 21.6. The second-order valence-electron chi connectivity index (χ2n) is 9.23. The smallest absolute Gasteiger partial charge is 0.223 e. The minimum Gasteiger partial charge on any atom is -0.356 e. The highest BCUT2D eigenvalue weighted by Gasteiger charge is 2.29. The topological polar surface area (TPSA) is 60.0 Å². The predicted molar refractivity (Wildman–Crippen MR) is 149 cm³/mol. The zero-order valence-corrected chi connectivity index (χ0v) is 22.5. The van der Waals surface area contributed by atoms with Gasteiger partial charge in [0.05, 0.1) is 0 Å². The summed E-state index contributed by atoms with van der Waals surface area (Å²) < 4.78 is 0. The lowest BCUT2D eigenvalue weighted by molar-refractivity contribution is -0.127. The number of hydrogen-bond acceptors (Lipinski definition) is 3. The van der Waals surface area contributed by atoms with Gasteiger partial charge in [-0.1, -0.05) is 60.7 Å². The minimum atomic E-state index is 0. The third-order valence-corrected chi connectivity index (χ3v) is 6.82. The Morgan fingerprint density at radius 2 is 1.68 bits per heavy atom. The van der Waals surface area contributed by atoms with Gasteiger partial charge in [-0.25, -0.2) is 0 Å². The molecule has 2 heterocycles. The summed E-state index contributed by atoms with van der Waals surface area (Å²) in [6.45, 7) is 5.43. The summed E-state index contributed by atoms with van der Waals surface area (Å²) in [5.41, 5.74) is 2.65. The molecule has 184 valence electrons. The second kappa shape index (κ2) is 13.7. The predicted octanol–water partition coefficient (Wildman–Crippen LogP) is 3.53. The molecule has 2 aromatic carbocycles. The Labute approximate surface area is 221 Å². The Bertz CT molecular complexity index is 908. The minimum absolute atomic E-state index is 0. The molecule has 0 bridgehead atoms. The van der Waals surface area contributed by atoms with E-state index in [1.165, 1.54) is 24.0 Å². The SMILES string of the molecule is CN=C(NCC1CC(=O)N(CCc2ccccc2)C1)NCC1CCCN1Cc1ccccc1.I. The van der Waals surface area contributed by atoms with E-state index in [1.807, 2.05) is 18.0 Å². The van der Waals surface area contributed by atoms with Crippen LogP contribution in [-0.2, 0) is 17.8 Å². The van der Waals surface area contributed by atoms with Crippen LogP contribution in [0.25, 0.3) is 0 Å². The third kappa shape index (κ3) is 7.70. The van der Waals surface area contributed by atoms with E-state index in [4.69, 9.17) is 0 Å². The fourth-order valence-corrected chi connectivity index (χ4v) is 4.94. The largest absolute Gasteiger partial charge is 0.356 e. The molecule has 2 saturated heterocycles. The van der Waals surface area contributed by atoms with Crippen molar-refractivity contribution in [1.82, 2.24) is 20.4 Å². The molecule has 2 N–H and O–H groups in total. The molecular formula is C27H38IN5O. The molecular weight excluding hydrogens is 537 g/mol. The highest BCUT2D eigenvalue weighted by molar-refractivity contribution is 14.0. The van der Waals surface area contributed by atoms with Gasteiger partial charge in [-0.2, -0.15) is 0 Å². The number of likely N-dealkylation sites (tertiary alicyclic amines) is 2. The molecule has 7 heteroatoms. The van der Waals surface area contributed by atoms with E-state index in [-0.39, 0.29) is 29.9 Å². The van der Waals surface area contributed by atoms with E-state index in [9.17, 15) is 4.79 Å². The number of rotatable bonds is 9. The molecule has 0 aromatic heterocycles. The van der Waals surface area contributed by atoms with Crippen molar-refractivity contribution in [3.05, 3.63) is 71.8 Å². The van der Waals surface area contributed by atoms with Crippen molar-refractivity contribution in [3.63, 3.8) is 0 Å². The number of hydrogen-bond donors (Lipinski definition) is 2. The van der Waals surface area contributed by atoms with Crippen LogP contribution >= 0.6 is 24.0 Å². The average Bonchev–Trinajstić information content (AvgIpc) is 3.44. The van der Waals surface area contributed by atoms with Crippen molar-refractivity contribution in [2.75, 3.05) is 39.8 Å². The van der Waals surface area contributed by atoms with Gasteiger partial charge in [0.2, 0.25) is 5.91 Å². The van der Waals surface area contributed by atoms with Crippen molar-refractivity contribution in [1.29, 1.82) is 0 Å². The van der Waals surface area contributed by atoms with Gasteiger partial charge in [-0.3, -0.25) is 14.7 Å². The third-order valence-electron chi connectivity index (χ3n) is 6.82. The highest BCUT2D eigenvalue weighted by Crippen LogP contribution is 2.20. The lowest BCUT2D eigenvalue weighted by Gasteiger charge is -2.26. The van der Waals surface area contributed by atoms with Gasteiger partial charge in [-0.05, 0) is 36.9 Å². The van der Waals surface area contributed by atoms with E-state index in [0.717, 1.165) is 51.6 Å². The maximum atomic E-state index is 12.5. The lowest BCUT2D eigenvalue weighted by Crippen LogP contribution is -2.46. The Morgan fingerprint density at radius 1 is 1.00 bits per heavy atom. The Hall–Kier alpha value is -2.13. The fourth-order valence-electron chi connectivity index (χ4n) is 4.94. The molecule has 2 aliphatic rings. The van der Waals surface area contributed by atoms with Gasteiger partial charge >= 0.3 is 0 Å². The number of carbonyl (C=O) groups is 1. The number of carbonyl (C=O) groups excluding carboxylic acids is 1. The van der Waals surface area contributed by atoms with Crippen LogP contribution in [0.3, 0.4) is 0 Å². The van der Waals surface area contributed by atoms with Gasteiger partial charge in [0.15, 0.2) is 5.96 Å². The first kappa shape index (κ1) is 26.5. The summed E-state index contributed by atoms with van der Waals surface area (Å²) in [5, 5.41) is 6.98. The van der Waals surface area contributed by atoms with Crippen LogP contribution in [0, 0.1) is 5.92 Å². The first-order chi connectivity index (χ1) is 16.2. The van der Waals surface area contributed by atoms with Crippen molar-refractivity contribution in [3.8, 4) is 0 Å². The summed E-state index contributed by atoms with van der Waals surface area (Å²) in [4.78, 5) is 21.4. The van der Waals surface area contributed by atoms with Crippen LogP contribution in [0.4, 0.5) is 0 Å². The van der Waals surface area contributed by atoms with E-state index in [1.54, 1.807) is 0 Å². The Morgan fingerprint density at radius 3 is 2.38 bits per heavy atom. The van der Waals surface area contributed by atoms with E-state index in [0.29, 0.717) is 18.4 Å². The van der Waals surface area contributed by atoms with Crippen LogP contribution in [-0.4, -0.2) is 67.5 Å². The first-order valence-electron chi connectivity index (χ1n) is 12.3. The van der Waals surface area contributed by atoms with Crippen molar-refractivity contribution in [2.24, 2.45) is 10.9 Å². The number of halogens is 1. The van der Waals surface area contributed by atoms with Crippen molar-refractivity contribution < 1.29 is 4.79 Å². The molecule has 6 nitrogen and oxygen atoms in total. The molecule has 2 atom stereocenters. The normalized spacial score (nSPS) is 20.9. The molecule has 0 radical (unpaired) electrons. The van der Waals surface area contributed by atoms with Crippen LogP contribution in [0.1, 0.15) is 30.4 Å². The summed E-state index contributed by atoms with van der Waals surface area (Å²) in [5.74, 6) is 1.42. The van der Waals surface area contributed by atoms with Gasteiger partial charge in [0, 0.05) is 58.2 Å². The summed E-state index contributed by atoms with van der Waals surface area (Å²) >= 11 is 0. The quantitative estimate of drug-likeness (QED) is 0.273. The van der Waals surface area contributed by atoms with Gasteiger partial charge < -0.3 is 15.5 Å². The van der Waals surface area contributed by atoms with Gasteiger partial charge in [-0.15, -0.1) is 24.0 Å². The standard InChI is InChI=1S/C27H37N5O.HI/c1-28-27(30-19-25-13-8-15-31(25)20-23-11-6-3-7-12-23)29-18-24-17-26(33)32(21-24)16-14-22-9-4-2-5-10-22;/h2-7,9-12,24-25H,8,13-21H2,1H3,(H2,28,29,30);1H. The van der Waals surface area contributed by atoms with E-state index < -0.39 is 0 Å². The van der Waals surface area contributed by atoms with Crippen LogP contribution in [0.2, 0.25) is 0 Å². The highest BCUT2D eigenvalue weighted by atomic mass is 127. The number of nitrogens with zero attached hydrogens (tertiary/aromatic N) is 3. The molecule has 1 amide bonds. The molecule has 0 saturated carbocycles. The number of benzene rings is 2. The zero-order chi connectivity index (χ0) is 22.9. The van der Waals surface area contributed by atoms with Crippen molar-refractivity contribution >= 4 is 35.8 Å². The van der Waals surface area contributed by atoms with Crippen LogP contribution in [0.5, 0.6) is 0 Å². The summed E-state index contributed by atoms with van der Waals surface area (Å²) in [7, 11) is 1.82. The summed E-state index contributed by atoms with van der Waals surface area (Å²) in [6.07, 6.45) is 3.99. The van der Waals surface area contributed by atoms with Gasteiger partial charge in [0.1, 0.15) is 0 Å². The van der Waals surface area contributed by atoms with Crippen molar-refractivity contribution in [2.45, 2.75) is 38.3 Å². The van der Waals surface area contributed by atoms with Crippen LogP contribution in [0.15, 0.2) is 65.7 Å². The molecule has 2 fully saturated rings. The fraction of sp³-hybridized carbons (Fsp3) is 0.481. The van der Waals surface area contributed by atoms with E-state index in [2.05, 4.69) is 75.1 Å². The molecule has 4 rings (SSSR count). The average molecular weight is 576 g/mol. The molecule has 2 unspecified atom stereocenters. The Kier molecular flexibility index (Phi) is 10.7. The molecule has 0 aliphatic carbocycles. The van der Waals surface area contributed by atoms with Crippen LogP contribution < -0.4 is 10.6 Å². The maximum Gasteiger partial charge on any atom is 0.223 e. The zero-order valence-electron chi connectivity index (χ0n) is 20.2. The lowest BCUT2D eigenvalue weighted by atomic mass is 10.1.